The van der Waals surface area contributed by atoms with Gasteiger partial charge >= 0.3 is 0 Å². The molecular formula is C25H30N4O4S. The molecule has 2 heterocycles. The summed E-state index contributed by atoms with van der Waals surface area (Å²) >= 11 is 1.60. The van der Waals surface area contributed by atoms with Gasteiger partial charge in [-0.15, -0.1) is 11.3 Å². The summed E-state index contributed by atoms with van der Waals surface area (Å²) in [5.41, 5.74) is 4.21. The van der Waals surface area contributed by atoms with Crippen LogP contribution >= 0.6 is 11.3 Å². The number of aryl methyl sites for hydroxylation is 1. The Morgan fingerprint density at radius 2 is 2.24 bits per heavy atom. The van der Waals surface area contributed by atoms with Crippen molar-refractivity contribution in [2.24, 2.45) is 11.0 Å². The summed E-state index contributed by atoms with van der Waals surface area (Å²) in [6.45, 7) is 6.54. The van der Waals surface area contributed by atoms with E-state index in [1.807, 2.05) is 19.1 Å². The van der Waals surface area contributed by atoms with Gasteiger partial charge in [0.1, 0.15) is 10.9 Å². The molecule has 0 saturated carbocycles. The van der Waals surface area contributed by atoms with Gasteiger partial charge in [-0.1, -0.05) is 13.8 Å². The summed E-state index contributed by atoms with van der Waals surface area (Å²) in [5.74, 6) is 1.47. The Hall–Kier alpha value is -3.20. The number of thiophene rings is 1. The minimum atomic E-state index is -0.751. The monoisotopic (exact) mass is 482 g/mol. The second-order valence-electron chi connectivity index (χ2n) is 8.66. The number of hydrogen-bond donors (Lipinski definition) is 1. The summed E-state index contributed by atoms with van der Waals surface area (Å²) in [7, 11) is 1.58. The molecule has 0 aliphatic heterocycles. The normalized spacial score (nSPS) is 16.4. The lowest BCUT2D eigenvalue weighted by Gasteiger charge is -2.18. The third-order valence-corrected chi connectivity index (χ3v) is 7.24. The highest BCUT2D eigenvalue weighted by Crippen LogP contribution is 2.35. The van der Waals surface area contributed by atoms with Gasteiger partial charge in [-0.25, -0.2) is 10.4 Å². The van der Waals surface area contributed by atoms with Crippen LogP contribution in [0.4, 0.5) is 0 Å². The number of hydrogen-bond acceptors (Lipinski definition) is 7. The van der Waals surface area contributed by atoms with Crippen LogP contribution in [0.5, 0.6) is 11.5 Å². The van der Waals surface area contributed by atoms with E-state index in [4.69, 9.17) is 9.47 Å². The van der Waals surface area contributed by atoms with Crippen molar-refractivity contribution >= 4 is 33.7 Å². The SMILES string of the molecule is CCCOc1ccc(/C=N\NC(=O)[C@@H](C)n2cnc3sc4c(c3c2=O)CC[C@@H](C)C4)cc1OC. The average Bonchev–Trinajstić information content (AvgIpc) is 3.21. The van der Waals surface area contributed by atoms with Crippen LogP contribution in [0.15, 0.2) is 34.4 Å². The van der Waals surface area contributed by atoms with Crippen LogP contribution < -0.4 is 20.5 Å². The maximum absolute atomic E-state index is 13.2. The molecule has 0 saturated heterocycles. The molecule has 1 amide bonds. The maximum atomic E-state index is 13.2. The lowest BCUT2D eigenvalue weighted by molar-refractivity contribution is -0.123. The van der Waals surface area contributed by atoms with E-state index in [1.54, 1.807) is 31.4 Å². The number of hydrazone groups is 1. The number of fused-ring (bicyclic) bond motifs is 3. The molecule has 0 radical (unpaired) electrons. The highest BCUT2D eigenvalue weighted by molar-refractivity contribution is 7.18. The van der Waals surface area contributed by atoms with Crippen molar-refractivity contribution < 1.29 is 14.3 Å². The van der Waals surface area contributed by atoms with Crippen LogP contribution in [0.2, 0.25) is 0 Å². The number of benzene rings is 1. The number of methoxy groups -OCH3 is 1. The molecule has 1 aromatic carbocycles. The van der Waals surface area contributed by atoms with Gasteiger partial charge in [0.15, 0.2) is 11.5 Å². The van der Waals surface area contributed by atoms with E-state index in [0.717, 1.165) is 41.6 Å². The van der Waals surface area contributed by atoms with E-state index in [9.17, 15) is 9.59 Å². The van der Waals surface area contributed by atoms with E-state index in [1.165, 1.54) is 22.0 Å². The van der Waals surface area contributed by atoms with Gasteiger partial charge in [0.25, 0.3) is 11.5 Å². The molecule has 34 heavy (non-hydrogen) atoms. The van der Waals surface area contributed by atoms with Gasteiger partial charge in [0.2, 0.25) is 0 Å². The van der Waals surface area contributed by atoms with Crippen LogP contribution in [0.1, 0.15) is 55.7 Å². The molecule has 0 bridgehead atoms. The van der Waals surface area contributed by atoms with Crippen molar-refractivity contribution in [3.8, 4) is 11.5 Å². The number of rotatable bonds is 8. The number of nitrogens with one attached hydrogen (secondary N) is 1. The third kappa shape index (κ3) is 4.84. The molecule has 1 N–H and O–H groups in total. The van der Waals surface area contributed by atoms with E-state index in [-0.39, 0.29) is 5.56 Å². The molecule has 0 unspecified atom stereocenters. The Morgan fingerprint density at radius 1 is 1.41 bits per heavy atom. The second-order valence-corrected chi connectivity index (χ2v) is 9.74. The highest BCUT2D eigenvalue weighted by Gasteiger charge is 2.25. The minimum Gasteiger partial charge on any atom is -0.493 e. The zero-order valence-electron chi connectivity index (χ0n) is 20.0. The van der Waals surface area contributed by atoms with Gasteiger partial charge in [-0.3, -0.25) is 14.2 Å². The standard InChI is InChI=1S/C25H30N4O4S/c1-5-10-33-19-9-7-17(12-20(19)32-4)13-27-28-23(30)16(3)29-14-26-24-22(25(29)31)18-8-6-15(2)11-21(18)34-24/h7,9,12-16H,5-6,8,10-11H2,1-4H3,(H,28,30)/b27-13-/t15-,16-/m1/s1. The van der Waals surface area contributed by atoms with Gasteiger partial charge in [0, 0.05) is 4.88 Å². The molecule has 4 rings (SSSR count). The smallest absolute Gasteiger partial charge is 0.263 e. The molecule has 0 spiro atoms. The average molecular weight is 483 g/mol. The number of amides is 1. The Morgan fingerprint density at radius 3 is 3.00 bits per heavy atom. The van der Waals surface area contributed by atoms with E-state index >= 15 is 0 Å². The summed E-state index contributed by atoms with van der Waals surface area (Å²) < 4.78 is 12.4. The molecular weight excluding hydrogens is 452 g/mol. The fraction of sp³-hybridized carbons (Fsp3) is 0.440. The summed E-state index contributed by atoms with van der Waals surface area (Å²) in [6.07, 6.45) is 6.82. The van der Waals surface area contributed by atoms with Crippen molar-refractivity contribution in [3.05, 3.63) is 50.9 Å². The van der Waals surface area contributed by atoms with Crippen molar-refractivity contribution in [2.75, 3.05) is 13.7 Å². The van der Waals surface area contributed by atoms with Gasteiger partial charge < -0.3 is 9.47 Å². The summed E-state index contributed by atoms with van der Waals surface area (Å²) in [6, 6.07) is 4.67. The second kappa shape index (κ2) is 10.4. The van der Waals surface area contributed by atoms with E-state index in [2.05, 4.69) is 22.4 Å². The first kappa shape index (κ1) is 23.9. The number of carbonyl (C=O) groups excluding carboxylic acids is 1. The molecule has 9 heteroatoms. The van der Waals surface area contributed by atoms with Crippen molar-refractivity contribution in [3.63, 3.8) is 0 Å². The maximum Gasteiger partial charge on any atom is 0.263 e. The van der Waals surface area contributed by atoms with Crippen LogP contribution in [0.25, 0.3) is 10.2 Å². The zero-order valence-corrected chi connectivity index (χ0v) is 20.8. The van der Waals surface area contributed by atoms with Crippen LogP contribution in [0.3, 0.4) is 0 Å². The fourth-order valence-electron chi connectivity index (χ4n) is 4.11. The highest BCUT2D eigenvalue weighted by atomic mass is 32.1. The lowest BCUT2D eigenvalue weighted by atomic mass is 9.89. The Labute approximate surface area is 202 Å². The number of nitrogens with zero attached hydrogens (tertiary/aromatic N) is 3. The van der Waals surface area contributed by atoms with Gasteiger partial charge in [0.05, 0.1) is 31.6 Å². The quantitative estimate of drug-likeness (QED) is 0.385. The van der Waals surface area contributed by atoms with Gasteiger partial charge in [-0.2, -0.15) is 5.10 Å². The van der Waals surface area contributed by atoms with Crippen molar-refractivity contribution in [1.29, 1.82) is 0 Å². The summed E-state index contributed by atoms with van der Waals surface area (Å²) in [5, 5.41) is 4.72. The van der Waals surface area contributed by atoms with Crippen molar-refractivity contribution in [2.45, 2.75) is 52.5 Å². The molecule has 180 valence electrons. The largest absolute Gasteiger partial charge is 0.493 e. The molecule has 0 fully saturated rings. The third-order valence-electron chi connectivity index (χ3n) is 6.08. The van der Waals surface area contributed by atoms with E-state index in [0.29, 0.717) is 29.4 Å². The molecule has 1 aliphatic rings. The Balaban J connectivity index is 1.48. The minimum absolute atomic E-state index is 0.170. The van der Waals surface area contributed by atoms with Crippen LogP contribution in [0, 0.1) is 5.92 Å². The van der Waals surface area contributed by atoms with Gasteiger partial charge in [-0.05, 0) is 67.9 Å². The first-order valence-electron chi connectivity index (χ1n) is 11.6. The fourth-order valence-corrected chi connectivity index (χ4v) is 5.45. The molecule has 2 aromatic heterocycles. The lowest BCUT2D eigenvalue weighted by Crippen LogP contribution is -2.34. The first-order chi connectivity index (χ1) is 16.4. The number of ether oxygens (including phenoxy) is 2. The summed E-state index contributed by atoms with van der Waals surface area (Å²) in [4.78, 5) is 32.5. The van der Waals surface area contributed by atoms with Crippen molar-refractivity contribution in [1.82, 2.24) is 15.0 Å². The predicted molar refractivity (Wildman–Crippen MR) is 134 cm³/mol. The van der Waals surface area contributed by atoms with E-state index < -0.39 is 11.9 Å². The Kier molecular flexibility index (Phi) is 7.31. The molecule has 1 aliphatic carbocycles. The molecule has 8 nitrogen and oxygen atoms in total. The zero-order chi connectivity index (χ0) is 24.2. The molecule has 2 atom stereocenters. The van der Waals surface area contributed by atoms with Crippen LogP contribution in [-0.2, 0) is 17.6 Å². The topological polar surface area (TPSA) is 94.8 Å². The number of aromatic nitrogens is 2. The predicted octanol–water partition coefficient (Wildman–Crippen LogP) is 4.09. The molecule has 3 aromatic rings. The van der Waals surface area contributed by atoms with Crippen LogP contribution in [-0.4, -0.2) is 35.4 Å². The Bertz CT molecular complexity index is 1280. The first-order valence-corrected chi connectivity index (χ1v) is 12.4. The number of carbonyl (C=O) groups is 1.